The third-order valence-corrected chi connectivity index (χ3v) is 6.48. The van der Waals surface area contributed by atoms with Crippen LogP contribution >= 0.6 is 46.4 Å². The van der Waals surface area contributed by atoms with Crippen molar-refractivity contribution in [1.82, 2.24) is 9.78 Å². The van der Waals surface area contributed by atoms with E-state index in [1.54, 1.807) is 24.3 Å². The number of nitrogens with zero attached hydrogens (tertiary/aromatic N) is 3. The first kappa shape index (κ1) is 24.2. The Labute approximate surface area is 211 Å². The number of nitrogens with two attached hydrogens (primary N) is 1. The van der Waals surface area contributed by atoms with Gasteiger partial charge in [0.15, 0.2) is 5.69 Å². The molecule has 0 aliphatic rings. The highest BCUT2D eigenvalue weighted by Crippen LogP contribution is 2.44. The molecule has 0 bridgehead atoms. The molecule has 2 N–H and O–H groups in total. The first-order valence-corrected chi connectivity index (χ1v) is 10.9. The fourth-order valence-electron chi connectivity index (χ4n) is 3.51. The number of nitriles is 1. The molecule has 1 heterocycles. The van der Waals surface area contributed by atoms with Gasteiger partial charge in [-0.2, -0.15) is 23.5 Å². The van der Waals surface area contributed by atoms with Gasteiger partial charge in [0.05, 0.1) is 26.9 Å². The Bertz CT molecular complexity index is 1450. The van der Waals surface area contributed by atoms with Crippen molar-refractivity contribution >= 4 is 52.2 Å². The van der Waals surface area contributed by atoms with Crippen LogP contribution in [0.4, 0.5) is 19.0 Å². The fraction of sp³-hybridized carbons (Fsp3) is 0.0435. The van der Waals surface area contributed by atoms with Crippen LogP contribution in [0.1, 0.15) is 11.3 Å². The number of hydrogen-bond donors (Lipinski definition) is 1. The van der Waals surface area contributed by atoms with E-state index in [0.29, 0.717) is 5.56 Å². The SMILES string of the molecule is N#Cc1nn(-c2ccc(C(F)(F)F)cc2-c2c(Cl)cccc2Cl)c(N)c1-c1cccc(Cl)c1Cl. The lowest BCUT2D eigenvalue weighted by molar-refractivity contribution is -0.137. The second-order valence-corrected chi connectivity index (χ2v) is 8.66. The molecule has 1 aromatic heterocycles. The highest BCUT2D eigenvalue weighted by atomic mass is 35.5. The molecule has 0 aliphatic heterocycles. The van der Waals surface area contributed by atoms with Gasteiger partial charge in [-0.25, -0.2) is 4.68 Å². The van der Waals surface area contributed by atoms with Gasteiger partial charge >= 0.3 is 6.18 Å². The average Bonchev–Trinajstić information content (AvgIpc) is 3.11. The predicted molar refractivity (Wildman–Crippen MR) is 129 cm³/mol. The van der Waals surface area contributed by atoms with Crippen LogP contribution < -0.4 is 5.73 Å². The molecule has 0 fully saturated rings. The summed E-state index contributed by atoms with van der Waals surface area (Å²) in [5, 5.41) is 14.6. The standard InChI is InChI=1S/C23H11Cl4F3N4/c24-14-4-2-5-15(25)19(14)13-9-11(23(28,29)30)7-8-18(13)34-22(32)20(17(10-31)33-34)12-3-1-6-16(26)21(12)27/h1-9H,32H2. The zero-order chi connectivity index (χ0) is 24.8. The lowest BCUT2D eigenvalue weighted by Gasteiger charge is -2.17. The maximum absolute atomic E-state index is 13.5. The third-order valence-electron chi connectivity index (χ3n) is 5.03. The van der Waals surface area contributed by atoms with Gasteiger partial charge in [-0.15, -0.1) is 0 Å². The number of benzene rings is 3. The fourth-order valence-corrected chi connectivity index (χ4v) is 4.50. The van der Waals surface area contributed by atoms with Crippen LogP contribution in [0.2, 0.25) is 20.1 Å². The van der Waals surface area contributed by atoms with E-state index in [4.69, 9.17) is 52.1 Å². The van der Waals surface area contributed by atoms with Crippen molar-refractivity contribution in [3.8, 4) is 34.0 Å². The number of anilines is 1. The lowest BCUT2D eigenvalue weighted by atomic mass is 10.00. The molecule has 0 amide bonds. The van der Waals surface area contributed by atoms with Gasteiger partial charge in [-0.05, 0) is 36.4 Å². The van der Waals surface area contributed by atoms with Crippen LogP contribution in [0.15, 0.2) is 54.6 Å². The monoisotopic (exact) mass is 540 g/mol. The summed E-state index contributed by atoms with van der Waals surface area (Å²) in [6, 6.07) is 14.3. The largest absolute Gasteiger partial charge is 0.416 e. The average molecular weight is 542 g/mol. The van der Waals surface area contributed by atoms with Crippen LogP contribution in [0.5, 0.6) is 0 Å². The van der Waals surface area contributed by atoms with Crippen LogP contribution in [-0.2, 0) is 6.18 Å². The zero-order valence-electron chi connectivity index (χ0n) is 16.8. The Morgan fingerprint density at radius 1 is 0.853 bits per heavy atom. The summed E-state index contributed by atoms with van der Waals surface area (Å²) >= 11 is 25.1. The number of hydrogen-bond acceptors (Lipinski definition) is 3. The zero-order valence-corrected chi connectivity index (χ0v) is 19.8. The smallest absolute Gasteiger partial charge is 0.383 e. The summed E-state index contributed by atoms with van der Waals surface area (Å²) < 4.78 is 41.8. The molecule has 4 rings (SSSR count). The second-order valence-electron chi connectivity index (χ2n) is 7.06. The first-order valence-electron chi connectivity index (χ1n) is 9.43. The maximum Gasteiger partial charge on any atom is 0.416 e. The number of halogens is 7. The van der Waals surface area contributed by atoms with E-state index in [0.717, 1.165) is 16.8 Å². The van der Waals surface area contributed by atoms with Crippen molar-refractivity contribution in [3.63, 3.8) is 0 Å². The van der Waals surface area contributed by atoms with Gasteiger partial charge in [-0.3, -0.25) is 0 Å². The third kappa shape index (κ3) is 4.19. The molecule has 34 heavy (non-hydrogen) atoms. The maximum atomic E-state index is 13.5. The van der Waals surface area contributed by atoms with E-state index >= 15 is 0 Å². The molecule has 0 saturated carbocycles. The number of alkyl halides is 3. The summed E-state index contributed by atoms with van der Waals surface area (Å²) in [5.74, 6) is -0.0371. The minimum atomic E-state index is -4.63. The molecule has 172 valence electrons. The van der Waals surface area contributed by atoms with Gasteiger partial charge in [0.1, 0.15) is 11.9 Å². The Morgan fingerprint density at radius 2 is 1.47 bits per heavy atom. The van der Waals surface area contributed by atoms with Crippen LogP contribution in [0.3, 0.4) is 0 Å². The van der Waals surface area contributed by atoms with E-state index in [9.17, 15) is 18.4 Å². The second kappa shape index (κ2) is 9.05. The quantitative estimate of drug-likeness (QED) is 0.283. The van der Waals surface area contributed by atoms with E-state index in [2.05, 4.69) is 5.10 Å². The Morgan fingerprint density at radius 3 is 2.09 bits per heavy atom. The van der Waals surface area contributed by atoms with Crippen molar-refractivity contribution in [2.24, 2.45) is 0 Å². The highest BCUT2D eigenvalue weighted by molar-refractivity contribution is 6.44. The number of aromatic nitrogens is 2. The molecular weight excluding hydrogens is 531 g/mol. The summed E-state index contributed by atoms with van der Waals surface area (Å²) in [6.45, 7) is 0. The summed E-state index contributed by atoms with van der Waals surface area (Å²) in [5.41, 5.74) is 6.18. The Kier molecular flexibility index (Phi) is 6.45. The minimum absolute atomic E-state index is 0.0212. The van der Waals surface area contributed by atoms with Crippen molar-refractivity contribution < 1.29 is 13.2 Å². The molecule has 0 atom stereocenters. The van der Waals surface area contributed by atoms with Crippen molar-refractivity contribution in [2.75, 3.05) is 5.73 Å². The van der Waals surface area contributed by atoms with Gasteiger partial charge in [-0.1, -0.05) is 64.6 Å². The molecule has 4 aromatic rings. The Hall–Kier alpha value is -2.89. The molecule has 0 aliphatic carbocycles. The summed E-state index contributed by atoms with van der Waals surface area (Å²) in [4.78, 5) is 0. The molecule has 0 unspecified atom stereocenters. The van der Waals surface area contributed by atoms with Crippen molar-refractivity contribution in [2.45, 2.75) is 6.18 Å². The summed E-state index contributed by atoms with van der Waals surface area (Å²) in [7, 11) is 0. The molecule has 0 spiro atoms. The van der Waals surface area contributed by atoms with Gasteiger partial charge in [0.25, 0.3) is 0 Å². The van der Waals surface area contributed by atoms with E-state index in [1.165, 1.54) is 18.2 Å². The normalized spacial score (nSPS) is 11.5. The molecule has 11 heteroatoms. The predicted octanol–water partition coefficient (Wildman–Crippen LogP) is 8.29. The van der Waals surface area contributed by atoms with Crippen LogP contribution in [0.25, 0.3) is 27.9 Å². The molecule has 4 nitrogen and oxygen atoms in total. The van der Waals surface area contributed by atoms with E-state index in [1.807, 2.05) is 6.07 Å². The van der Waals surface area contributed by atoms with Crippen LogP contribution in [-0.4, -0.2) is 9.78 Å². The van der Waals surface area contributed by atoms with E-state index < -0.39 is 11.7 Å². The summed E-state index contributed by atoms with van der Waals surface area (Å²) in [6.07, 6.45) is -4.63. The van der Waals surface area contributed by atoms with Crippen LogP contribution in [0, 0.1) is 11.3 Å². The molecule has 0 radical (unpaired) electrons. The van der Waals surface area contributed by atoms with Gasteiger partial charge in [0, 0.05) is 26.7 Å². The van der Waals surface area contributed by atoms with Crippen molar-refractivity contribution in [3.05, 3.63) is 85.9 Å². The first-order chi connectivity index (χ1) is 16.0. The molecule has 0 saturated heterocycles. The number of nitrogen functional groups attached to an aromatic ring is 1. The Balaban J connectivity index is 2.06. The lowest BCUT2D eigenvalue weighted by Crippen LogP contribution is -2.09. The molecular formula is C23H11Cl4F3N4. The van der Waals surface area contributed by atoms with Gasteiger partial charge in [0.2, 0.25) is 0 Å². The topological polar surface area (TPSA) is 67.6 Å². The minimum Gasteiger partial charge on any atom is -0.383 e. The van der Waals surface area contributed by atoms with Crippen molar-refractivity contribution in [1.29, 1.82) is 5.26 Å². The van der Waals surface area contributed by atoms with E-state index in [-0.39, 0.29) is 54.0 Å². The van der Waals surface area contributed by atoms with Gasteiger partial charge < -0.3 is 5.73 Å². The number of rotatable bonds is 3. The molecule has 3 aromatic carbocycles. The highest BCUT2D eigenvalue weighted by Gasteiger charge is 2.32.